The van der Waals surface area contributed by atoms with Gasteiger partial charge in [-0.2, -0.15) is 0 Å². The highest BCUT2D eigenvalue weighted by Gasteiger charge is 2.39. The van der Waals surface area contributed by atoms with Crippen molar-refractivity contribution in [3.8, 4) is 0 Å². The predicted octanol–water partition coefficient (Wildman–Crippen LogP) is 1.60. The van der Waals surface area contributed by atoms with Crippen LogP contribution in [0.15, 0.2) is 24.3 Å². The van der Waals surface area contributed by atoms with Crippen molar-refractivity contribution in [1.82, 2.24) is 0 Å². The van der Waals surface area contributed by atoms with Crippen molar-refractivity contribution in [2.45, 2.75) is 18.9 Å². The first-order valence-electron chi connectivity index (χ1n) is 4.59. The van der Waals surface area contributed by atoms with E-state index in [9.17, 15) is 5.11 Å². The second-order valence-corrected chi connectivity index (χ2v) is 3.62. The number of hydrogen-bond acceptors (Lipinski definition) is 2. The maximum absolute atomic E-state index is 9.26. The molecule has 0 aliphatic carbocycles. The highest BCUT2D eigenvalue weighted by Crippen LogP contribution is 2.36. The number of aliphatic hydroxyl groups excluding tert-OH is 1. The van der Waals surface area contributed by atoms with Crippen LogP contribution >= 0.6 is 0 Å². The minimum absolute atomic E-state index is 0.0798. The van der Waals surface area contributed by atoms with E-state index < -0.39 is 5.60 Å². The summed E-state index contributed by atoms with van der Waals surface area (Å²) in [4.78, 5) is 0. The summed E-state index contributed by atoms with van der Waals surface area (Å²) in [6.45, 7) is 2.89. The fourth-order valence-corrected chi connectivity index (χ4v) is 1.72. The zero-order valence-electron chi connectivity index (χ0n) is 7.79. The Bertz CT molecular complexity index is 297. The van der Waals surface area contributed by atoms with Gasteiger partial charge < -0.3 is 9.84 Å². The molecule has 13 heavy (non-hydrogen) atoms. The van der Waals surface area contributed by atoms with Gasteiger partial charge in [0, 0.05) is 6.42 Å². The molecule has 0 saturated carbocycles. The summed E-state index contributed by atoms with van der Waals surface area (Å²) >= 11 is 0. The van der Waals surface area contributed by atoms with Crippen LogP contribution in [0.5, 0.6) is 0 Å². The van der Waals surface area contributed by atoms with Crippen molar-refractivity contribution >= 4 is 0 Å². The van der Waals surface area contributed by atoms with Gasteiger partial charge in [-0.25, -0.2) is 0 Å². The molecule has 0 aromatic heterocycles. The topological polar surface area (TPSA) is 29.5 Å². The van der Waals surface area contributed by atoms with Gasteiger partial charge in [-0.3, -0.25) is 0 Å². The third-order valence-electron chi connectivity index (χ3n) is 2.68. The number of hydrogen-bond donors (Lipinski definition) is 1. The van der Waals surface area contributed by atoms with Crippen molar-refractivity contribution in [1.29, 1.82) is 0 Å². The number of aryl methyl sites for hydroxylation is 1. The lowest BCUT2D eigenvalue weighted by atomic mass is 9.86. The van der Waals surface area contributed by atoms with Gasteiger partial charge in [0.05, 0.1) is 13.2 Å². The summed E-state index contributed by atoms with van der Waals surface area (Å²) in [5, 5.41) is 9.26. The lowest BCUT2D eigenvalue weighted by Crippen LogP contribution is -2.44. The number of benzene rings is 1. The average Bonchev–Trinajstić information content (AvgIpc) is 2.03. The van der Waals surface area contributed by atoms with Crippen LogP contribution in [0.1, 0.15) is 17.5 Å². The molecular formula is C11H14O2. The fourth-order valence-electron chi connectivity index (χ4n) is 1.72. The van der Waals surface area contributed by atoms with Crippen LogP contribution in [0.2, 0.25) is 0 Å². The van der Waals surface area contributed by atoms with E-state index in [-0.39, 0.29) is 6.61 Å². The maximum atomic E-state index is 9.26. The molecule has 1 saturated heterocycles. The van der Waals surface area contributed by atoms with Gasteiger partial charge in [-0.05, 0) is 12.5 Å². The van der Waals surface area contributed by atoms with Crippen LogP contribution in [0, 0.1) is 6.92 Å². The van der Waals surface area contributed by atoms with Gasteiger partial charge in [-0.15, -0.1) is 0 Å². The molecule has 1 aromatic rings. The minimum atomic E-state index is -0.397. The molecule has 1 atom stereocenters. The molecule has 0 bridgehead atoms. The van der Waals surface area contributed by atoms with Crippen LogP contribution in [0.3, 0.4) is 0 Å². The third-order valence-corrected chi connectivity index (χ3v) is 2.68. The molecule has 1 aliphatic rings. The summed E-state index contributed by atoms with van der Waals surface area (Å²) in [5.41, 5.74) is 1.91. The summed E-state index contributed by atoms with van der Waals surface area (Å²) < 4.78 is 5.46. The molecule has 2 heteroatoms. The second kappa shape index (κ2) is 3.13. The zero-order chi connectivity index (χ0) is 9.31. The van der Waals surface area contributed by atoms with Crippen LogP contribution < -0.4 is 0 Å². The summed E-state index contributed by atoms with van der Waals surface area (Å²) in [7, 11) is 0. The van der Waals surface area contributed by atoms with Crippen LogP contribution in [0.4, 0.5) is 0 Å². The lowest BCUT2D eigenvalue weighted by molar-refractivity contribution is -0.177. The van der Waals surface area contributed by atoms with Gasteiger partial charge in [0.15, 0.2) is 0 Å². The Labute approximate surface area is 78.2 Å². The first kappa shape index (κ1) is 8.73. The predicted molar refractivity (Wildman–Crippen MR) is 50.5 cm³/mol. The Hall–Kier alpha value is -0.860. The van der Waals surface area contributed by atoms with Gasteiger partial charge in [0.25, 0.3) is 0 Å². The second-order valence-electron chi connectivity index (χ2n) is 3.62. The first-order chi connectivity index (χ1) is 6.27. The molecule has 2 rings (SSSR count). The molecule has 1 N–H and O–H groups in total. The normalized spacial score (nSPS) is 26.9. The molecule has 1 aliphatic heterocycles. The van der Waals surface area contributed by atoms with Crippen molar-refractivity contribution in [3.63, 3.8) is 0 Å². The highest BCUT2D eigenvalue weighted by molar-refractivity contribution is 5.29. The van der Waals surface area contributed by atoms with Gasteiger partial charge >= 0.3 is 0 Å². The van der Waals surface area contributed by atoms with Crippen molar-refractivity contribution in [2.75, 3.05) is 13.2 Å². The van der Waals surface area contributed by atoms with E-state index in [0.717, 1.165) is 18.6 Å². The largest absolute Gasteiger partial charge is 0.393 e. The van der Waals surface area contributed by atoms with E-state index in [4.69, 9.17) is 4.74 Å². The minimum Gasteiger partial charge on any atom is -0.393 e. The molecule has 0 amide bonds. The lowest BCUT2D eigenvalue weighted by Gasteiger charge is -2.40. The van der Waals surface area contributed by atoms with E-state index >= 15 is 0 Å². The van der Waals surface area contributed by atoms with Crippen LogP contribution in [0.25, 0.3) is 0 Å². The molecule has 1 unspecified atom stereocenters. The summed E-state index contributed by atoms with van der Waals surface area (Å²) in [6, 6.07) is 8.15. The zero-order valence-corrected chi connectivity index (χ0v) is 7.79. The number of ether oxygens (including phenoxy) is 1. The quantitative estimate of drug-likeness (QED) is 0.745. The standard InChI is InChI=1S/C11H14O2/c1-9-3-2-4-10(7-9)11(8-12)5-6-13-11/h2-4,7,12H,5-6,8H2,1H3. The van der Waals surface area contributed by atoms with Crippen molar-refractivity contribution in [3.05, 3.63) is 35.4 Å². The van der Waals surface area contributed by atoms with E-state index in [2.05, 4.69) is 6.07 Å². The Kier molecular flexibility index (Phi) is 2.10. The monoisotopic (exact) mass is 178 g/mol. The van der Waals surface area contributed by atoms with E-state index in [1.54, 1.807) is 0 Å². The number of aliphatic hydroxyl groups is 1. The van der Waals surface area contributed by atoms with Crippen molar-refractivity contribution in [2.24, 2.45) is 0 Å². The maximum Gasteiger partial charge on any atom is 0.118 e. The van der Waals surface area contributed by atoms with E-state index in [1.165, 1.54) is 5.56 Å². The Morgan fingerprint density at radius 3 is 2.77 bits per heavy atom. The Morgan fingerprint density at radius 2 is 2.31 bits per heavy atom. The molecule has 0 spiro atoms. The Balaban J connectivity index is 2.33. The summed E-state index contributed by atoms with van der Waals surface area (Å²) in [6.07, 6.45) is 0.924. The third kappa shape index (κ3) is 1.36. The molecule has 70 valence electrons. The van der Waals surface area contributed by atoms with E-state index in [0.29, 0.717) is 0 Å². The van der Waals surface area contributed by atoms with E-state index in [1.807, 2.05) is 25.1 Å². The smallest absolute Gasteiger partial charge is 0.118 e. The molecule has 1 fully saturated rings. The van der Waals surface area contributed by atoms with Crippen LogP contribution in [-0.4, -0.2) is 18.3 Å². The SMILES string of the molecule is Cc1cccc(C2(CO)CCO2)c1. The average molecular weight is 178 g/mol. The molecule has 1 heterocycles. The molecule has 0 radical (unpaired) electrons. The highest BCUT2D eigenvalue weighted by atomic mass is 16.5. The first-order valence-corrected chi connectivity index (χ1v) is 4.59. The molecular weight excluding hydrogens is 164 g/mol. The molecule has 1 aromatic carbocycles. The molecule has 2 nitrogen and oxygen atoms in total. The van der Waals surface area contributed by atoms with Gasteiger partial charge in [-0.1, -0.05) is 29.8 Å². The number of rotatable bonds is 2. The van der Waals surface area contributed by atoms with Crippen molar-refractivity contribution < 1.29 is 9.84 Å². The fraction of sp³-hybridized carbons (Fsp3) is 0.455. The van der Waals surface area contributed by atoms with Gasteiger partial charge in [0.2, 0.25) is 0 Å². The van der Waals surface area contributed by atoms with Gasteiger partial charge in [0.1, 0.15) is 5.60 Å². The summed E-state index contributed by atoms with van der Waals surface area (Å²) in [5.74, 6) is 0. The van der Waals surface area contributed by atoms with Crippen LogP contribution in [-0.2, 0) is 10.3 Å². The Morgan fingerprint density at radius 1 is 1.54 bits per heavy atom.